The monoisotopic (exact) mass is 443 g/mol. The molecule has 0 spiro atoms. The Kier molecular flexibility index (Phi) is 5.60. The molecule has 3 aromatic carbocycles. The predicted molar refractivity (Wildman–Crippen MR) is 127 cm³/mol. The number of methoxy groups -OCH3 is 1. The van der Waals surface area contributed by atoms with Crippen molar-refractivity contribution in [3.05, 3.63) is 71.8 Å². The lowest BCUT2D eigenvalue weighted by Gasteiger charge is -2.16. The number of para-hydroxylation sites is 1. The molecule has 0 bridgehead atoms. The van der Waals surface area contributed by atoms with E-state index in [0.29, 0.717) is 36.5 Å². The van der Waals surface area contributed by atoms with Crippen molar-refractivity contribution < 1.29 is 18.7 Å². The molecule has 0 atom stereocenters. The quantitative estimate of drug-likeness (QED) is 0.437. The lowest BCUT2D eigenvalue weighted by Crippen LogP contribution is -2.28. The Morgan fingerprint density at radius 2 is 1.88 bits per heavy atom. The second-order valence-electron chi connectivity index (χ2n) is 8.19. The third-order valence-corrected chi connectivity index (χ3v) is 5.94. The number of hydrogen-bond donors (Lipinski definition) is 2. The fourth-order valence-corrected chi connectivity index (χ4v) is 4.30. The first-order valence-corrected chi connectivity index (χ1v) is 11.0. The van der Waals surface area contributed by atoms with Crippen molar-refractivity contribution in [2.75, 3.05) is 19.0 Å². The number of carbonyl (C=O) groups is 2. The highest BCUT2D eigenvalue weighted by atomic mass is 16.5. The SMILES string of the molecule is COc1cc2c(cc1NC(=O)NCc1cccc(CN3CCCC3=O)c1)oc1ccccc12. The molecule has 5 rings (SSSR count). The van der Waals surface area contributed by atoms with Gasteiger partial charge >= 0.3 is 6.03 Å². The molecule has 33 heavy (non-hydrogen) atoms. The molecule has 1 saturated heterocycles. The zero-order valence-corrected chi connectivity index (χ0v) is 18.4. The van der Waals surface area contributed by atoms with Crippen molar-refractivity contribution in [2.45, 2.75) is 25.9 Å². The molecule has 7 heteroatoms. The van der Waals surface area contributed by atoms with Gasteiger partial charge in [-0.15, -0.1) is 0 Å². The van der Waals surface area contributed by atoms with Crippen LogP contribution < -0.4 is 15.4 Å². The summed E-state index contributed by atoms with van der Waals surface area (Å²) in [6, 6.07) is 19.0. The normalized spacial score (nSPS) is 13.6. The van der Waals surface area contributed by atoms with Crippen LogP contribution in [0.1, 0.15) is 24.0 Å². The molecular weight excluding hydrogens is 418 g/mol. The number of fused-ring (bicyclic) bond motifs is 3. The zero-order chi connectivity index (χ0) is 22.8. The van der Waals surface area contributed by atoms with Crippen LogP contribution in [-0.2, 0) is 17.9 Å². The van der Waals surface area contributed by atoms with Gasteiger partial charge in [0.05, 0.1) is 12.8 Å². The molecule has 168 valence electrons. The van der Waals surface area contributed by atoms with E-state index in [1.807, 2.05) is 59.5 Å². The van der Waals surface area contributed by atoms with E-state index in [4.69, 9.17) is 9.15 Å². The van der Waals surface area contributed by atoms with Crippen molar-refractivity contribution in [1.29, 1.82) is 0 Å². The van der Waals surface area contributed by atoms with E-state index in [1.54, 1.807) is 13.2 Å². The lowest BCUT2D eigenvalue weighted by atomic mass is 10.1. The van der Waals surface area contributed by atoms with Gasteiger partial charge in [0.2, 0.25) is 5.91 Å². The largest absolute Gasteiger partial charge is 0.495 e. The standard InChI is InChI=1S/C26H25N3O4/c1-32-24-13-20-19-8-2-3-9-22(19)33-23(20)14-21(24)28-26(31)27-15-17-6-4-7-18(12-17)16-29-11-5-10-25(29)30/h2-4,6-9,12-14H,5,10-11,15-16H2,1H3,(H2,27,28,31). The predicted octanol–water partition coefficient (Wildman–Crippen LogP) is 5.04. The molecule has 1 aliphatic rings. The number of ether oxygens (including phenoxy) is 1. The summed E-state index contributed by atoms with van der Waals surface area (Å²) in [7, 11) is 1.57. The molecule has 1 aliphatic heterocycles. The third-order valence-electron chi connectivity index (χ3n) is 5.94. The molecule has 0 radical (unpaired) electrons. The Morgan fingerprint density at radius 1 is 1.03 bits per heavy atom. The minimum absolute atomic E-state index is 0.202. The maximum absolute atomic E-state index is 12.6. The second-order valence-corrected chi connectivity index (χ2v) is 8.19. The summed E-state index contributed by atoms with van der Waals surface area (Å²) in [6.07, 6.45) is 1.55. The third kappa shape index (κ3) is 4.35. The van der Waals surface area contributed by atoms with Crippen molar-refractivity contribution >= 4 is 39.6 Å². The van der Waals surface area contributed by atoms with E-state index < -0.39 is 0 Å². The van der Waals surface area contributed by atoms with E-state index in [-0.39, 0.29) is 11.9 Å². The molecule has 0 saturated carbocycles. The van der Waals surface area contributed by atoms with Gasteiger partial charge in [0.15, 0.2) is 0 Å². The molecule has 1 fully saturated rings. The summed E-state index contributed by atoms with van der Waals surface area (Å²) >= 11 is 0. The summed E-state index contributed by atoms with van der Waals surface area (Å²) in [4.78, 5) is 26.4. The van der Waals surface area contributed by atoms with Gasteiger partial charge in [-0.3, -0.25) is 4.79 Å². The minimum atomic E-state index is -0.344. The highest BCUT2D eigenvalue weighted by Crippen LogP contribution is 2.36. The van der Waals surface area contributed by atoms with Gasteiger partial charge in [0.25, 0.3) is 0 Å². The number of nitrogens with one attached hydrogen (secondary N) is 2. The summed E-state index contributed by atoms with van der Waals surface area (Å²) < 4.78 is 11.4. The van der Waals surface area contributed by atoms with Crippen LogP contribution in [0.2, 0.25) is 0 Å². The van der Waals surface area contributed by atoms with Gasteiger partial charge < -0.3 is 24.7 Å². The number of amides is 3. The summed E-state index contributed by atoms with van der Waals surface area (Å²) in [5.74, 6) is 0.759. The first-order valence-electron chi connectivity index (χ1n) is 11.0. The molecule has 1 aromatic heterocycles. The minimum Gasteiger partial charge on any atom is -0.495 e. The van der Waals surface area contributed by atoms with E-state index in [9.17, 15) is 9.59 Å². The van der Waals surface area contributed by atoms with Gasteiger partial charge in [-0.05, 0) is 29.7 Å². The number of anilines is 1. The summed E-state index contributed by atoms with van der Waals surface area (Å²) in [5.41, 5.74) is 4.02. The van der Waals surface area contributed by atoms with Gasteiger partial charge in [-0.1, -0.05) is 42.5 Å². The molecular formula is C26H25N3O4. The van der Waals surface area contributed by atoms with Crippen LogP contribution in [0, 0.1) is 0 Å². The number of hydrogen-bond acceptors (Lipinski definition) is 4. The van der Waals surface area contributed by atoms with Crippen LogP contribution in [-0.4, -0.2) is 30.5 Å². The Morgan fingerprint density at radius 3 is 2.70 bits per heavy atom. The smallest absolute Gasteiger partial charge is 0.319 e. The fraction of sp³-hybridized carbons (Fsp3) is 0.231. The van der Waals surface area contributed by atoms with E-state index >= 15 is 0 Å². The Labute approximate surface area is 191 Å². The molecule has 2 N–H and O–H groups in total. The maximum Gasteiger partial charge on any atom is 0.319 e. The first-order chi connectivity index (χ1) is 16.1. The van der Waals surface area contributed by atoms with Crippen LogP contribution in [0.4, 0.5) is 10.5 Å². The first kappa shape index (κ1) is 20.9. The molecule has 0 unspecified atom stereocenters. The van der Waals surface area contributed by atoms with Gasteiger partial charge in [0, 0.05) is 42.9 Å². The fourth-order valence-electron chi connectivity index (χ4n) is 4.30. The number of likely N-dealkylation sites (tertiary alicyclic amines) is 1. The van der Waals surface area contributed by atoms with Crippen LogP contribution in [0.15, 0.2) is 65.1 Å². The molecule has 2 heterocycles. The number of benzene rings is 3. The maximum atomic E-state index is 12.6. The van der Waals surface area contributed by atoms with Crippen LogP contribution in [0.5, 0.6) is 5.75 Å². The molecule has 0 aliphatic carbocycles. The number of furan rings is 1. The Bertz CT molecular complexity index is 1340. The second kappa shape index (κ2) is 8.86. The van der Waals surface area contributed by atoms with Gasteiger partial charge in [-0.2, -0.15) is 0 Å². The number of nitrogens with zero attached hydrogens (tertiary/aromatic N) is 1. The molecule has 4 aromatic rings. The highest BCUT2D eigenvalue weighted by molar-refractivity contribution is 6.07. The van der Waals surface area contributed by atoms with Crippen LogP contribution in [0.25, 0.3) is 21.9 Å². The van der Waals surface area contributed by atoms with Crippen molar-refractivity contribution in [3.63, 3.8) is 0 Å². The Balaban J connectivity index is 1.27. The molecule has 3 amide bonds. The number of urea groups is 1. The van der Waals surface area contributed by atoms with E-state index in [0.717, 1.165) is 40.4 Å². The van der Waals surface area contributed by atoms with Crippen LogP contribution in [0.3, 0.4) is 0 Å². The number of rotatable bonds is 6. The lowest BCUT2D eigenvalue weighted by molar-refractivity contribution is -0.128. The summed E-state index contributed by atoms with van der Waals surface area (Å²) in [5, 5.41) is 7.68. The Hall–Kier alpha value is -4.00. The van der Waals surface area contributed by atoms with Gasteiger partial charge in [-0.25, -0.2) is 4.79 Å². The van der Waals surface area contributed by atoms with Gasteiger partial charge in [0.1, 0.15) is 16.9 Å². The highest BCUT2D eigenvalue weighted by Gasteiger charge is 2.20. The number of carbonyl (C=O) groups excluding carboxylic acids is 2. The summed E-state index contributed by atoms with van der Waals surface area (Å²) in [6.45, 7) is 1.78. The van der Waals surface area contributed by atoms with E-state index in [2.05, 4.69) is 10.6 Å². The average molecular weight is 444 g/mol. The van der Waals surface area contributed by atoms with E-state index in [1.165, 1.54) is 0 Å². The molecule has 7 nitrogen and oxygen atoms in total. The zero-order valence-electron chi connectivity index (χ0n) is 18.4. The van der Waals surface area contributed by atoms with Crippen LogP contribution >= 0.6 is 0 Å². The average Bonchev–Trinajstić information content (AvgIpc) is 3.39. The van der Waals surface area contributed by atoms with Crippen molar-refractivity contribution in [1.82, 2.24) is 10.2 Å². The van der Waals surface area contributed by atoms with Crippen molar-refractivity contribution in [3.8, 4) is 5.75 Å². The van der Waals surface area contributed by atoms with Crippen molar-refractivity contribution in [2.24, 2.45) is 0 Å². The topological polar surface area (TPSA) is 83.8 Å².